The molecular weight excluding hydrogens is 266 g/mol. The molecule has 1 aromatic rings. The Morgan fingerprint density at radius 3 is 2.94 bits per heavy atom. The Morgan fingerprint density at radius 2 is 2.31 bits per heavy atom. The fourth-order valence-corrected chi connectivity index (χ4v) is 2.89. The number of alkyl halides is 1. The number of hydrogen-bond acceptors (Lipinski definition) is 1. The SMILES string of the molecule is CC(=O)N1CC(CCBr)c2cc(C)ccc21. The highest BCUT2D eigenvalue weighted by Gasteiger charge is 2.30. The molecule has 0 bridgehead atoms. The first kappa shape index (κ1) is 11.6. The maximum atomic E-state index is 11.6. The Hall–Kier alpha value is -0.830. The van der Waals surface area contributed by atoms with Gasteiger partial charge in [0.2, 0.25) is 5.91 Å². The van der Waals surface area contributed by atoms with Crippen molar-refractivity contribution in [3.05, 3.63) is 29.3 Å². The minimum absolute atomic E-state index is 0.141. The second kappa shape index (κ2) is 4.58. The number of benzene rings is 1. The first-order valence-corrected chi connectivity index (χ1v) is 6.70. The zero-order valence-electron chi connectivity index (χ0n) is 9.66. The van der Waals surface area contributed by atoms with E-state index < -0.39 is 0 Å². The highest BCUT2D eigenvalue weighted by Crippen LogP contribution is 2.38. The molecule has 1 aliphatic rings. The van der Waals surface area contributed by atoms with Crippen LogP contribution in [-0.4, -0.2) is 17.8 Å². The quantitative estimate of drug-likeness (QED) is 0.763. The van der Waals surface area contributed by atoms with Crippen molar-refractivity contribution in [3.8, 4) is 0 Å². The second-order valence-corrected chi connectivity index (χ2v) is 5.16. The van der Waals surface area contributed by atoms with E-state index >= 15 is 0 Å². The molecule has 0 saturated carbocycles. The number of halogens is 1. The van der Waals surface area contributed by atoms with Crippen LogP contribution in [0.1, 0.15) is 30.4 Å². The molecule has 0 saturated heterocycles. The summed E-state index contributed by atoms with van der Waals surface area (Å²) in [6.07, 6.45) is 1.08. The van der Waals surface area contributed by atoms with Gasteiger partial charge in [0, 0.05) is 30.4 Å². The van der Waals surface area contributed by atoms with Crippen LogP contribution in [0, 0.1) is 6.92 Å². The van der Waals surface area contributed by atoms with Crippen LogP contribution < -0.4 is 4.90 Å². The standard InChI is InChI=1S/C13H16BrNO/c1-9-3-4-13-12(7-9)11(5-6-14)8-15(13)10(2)16/h3-4,7,11H,5-6,8H2,1-2H3. The van der Waals surface area contributed by atoms with Gasteiger partial charge in [-0.3, -0.25) is 4.79 Å². The van der Waals surface area contributed by atoms with Gasteiger partial charge in [-0.25, -0.2) is 0 Å². The maximum absolute atomic E-state index is 11.6. The van der Waals surface area contributed by atoms with Gasteiger partial charge in [0.05, 0.1) is 0 Å². The molecule has 0 aliphatic carbocycles. The number of carbonyl (C=O) groups is 1. The van der Waals surface area contributed by atoms with E-state index in [1.165, 1.54) is 11.1 Å². The number of carbonyl (C=O) groups excluding carboxylic acids is 1. The number of aryl methyl sites for hydroxylation is 1. The van der Waals surface area contributed by atoms with Crippen LogP contribution in [0.2, 0.25) is 0 Å². The molecule has 2 rings (SSSR count). The maximum Gasteiger partial charge on any atom is 0.223 e. The van der Waals surface area contributed by atoms with Crippen LogP contribution >= 0.6 is 15.9 Å². The second-order valence-electron chi connectivity index (χ2n) is 4.37. The average molecular weight is 282 g/mol. The smallest absolute Gasteiger partial charge is 0.223 e. The fourth-order valence-electron chi connectivity index (χ4n) is 2.34. The summed E-state index contributed by atoms with van der Waals surface area (Å²) in [5.74, 6) is 0.625. The molecule has 2 nitrogen and oxygen atoms in total. The lowest BCUT2D eigenvalue weighted by molar-refractivity contribution is -0.116. The van der Waals surface area contributed by atoms with Crippen molar-refractivity contribution in [1.82, 2.24) is 0 Å². The monoisotopic (exact) mass is 281 g/mol. The zero-order chi connectivity index (χ0) is 11.7. The molecule has 0 aromatic heterocycles. The molecule has 1 amide bonds. The molecule has 3 heteroatoms. The van der Waals surface area contributed by atoms with Crippen LogP contribution in [0.3, 0.4) is 0 Å². The Kier molecular flexibility index (Phi) is 3.33. The Morgan fingerprint density at radius 1 is 1.56 bits per heavy atom. The predicted octanol–water partition coefficient (Wildman–Crippen LogP) is 3.23. The number of hydrogen-bond donors (Lipinski definition) is 0. The van der Waals surface area contributed by atoms with Gasteiger partial charge in [-0.05, 0) is 25.0 Å². The third kappa shape index (κ3) is 2.01. The molecule has 1 aromatic carbocycles. The van der Waals surface area contributed by atoms with E-state index in [4.69, 9.17) is 0 Å². The number of fused-ring (bicyclic) bond motifs is 1. The summed E-state index contributed by atoms with van der Waals surface area (Å²) >= 11 is 3.48. The first-order valence-electron chi connectivity index (χ1n) is 5.58. The summed E-state index contributed by atoms with van der Waals surface area (Å²) in [6.45, 7) is 4.57. The Balaban J connectivity index is 2.40. The largest absolute Gasteiger partial charge is 0.312 e. The molecule has 86 valence electrons. The number of anilines is 1. The van der Waals surface area contributed by atoms with E-state index in [0.717, 1.165) is 24.0 Å². The van der Waals surface area contributed by atoms with Crippen molar-refractivity contribution < 1.29 is 4.79 Å². The molecule has 0 N–H and O–H groups in total. The number of amides is 1. The van der Waals surface area contributed by atoms with Crippen LogP contribution in [0.5, 0.6) is 0 Å². The first-order chi connectivity index (χ1) is 7.63. The third-order valence-electron chi connectivity index (χ3n) is 3.15. The average Bonchev–Trinajstić information content (AvgIpc) is 2.58. The van der Waals surface area contributed by atoms with Crippen LogP contribution in [-0.2, 0) is 4.79 Å². The lowest BCUT2D eigenvalue weighted by Gasteiger charge is -2.14. The van der Waals surface area contributed by atoms with Gasteiger partial charge in [0.1, 0.15) is 0 Å². The summed E-state index contributed by atoms with van der Waals surface area (Å²) in [5.41, 5.74) is 3.70. The molecule has 0 spiro atoms. The lowest BCUT2D eigenvalue weighted by atomic mass is 9.97. The molecule has 0 radical (unpaired) electrons. The van der Waals surface area contributed by atoms with Crippen LogP contribution in [0.4, 0.5) is 5.69 Å². The van der Waals surface area contributed by atoms with E-state index in [-0.39, 0.29) is 5.91 Å². The molecule has 16 heavy (non-hydrogen) atoms. The highest BCUT2D eigenvalue weighted by molar-refractivity contribution is 9.09. The van der Waals surface area contributed by atoms with Crippen molar-refractivity contribution in [1.29, 1.82) is 0 Å². The minimum atomic E-state index is 0.141. The van der Waals surface area contributed by atoms with E-state index in [9.17, 15) is 4.79 Å². The van der Waals surface area contributed by atoms with Gasteiger partial charge in [-0.1, -0.05) is 33.6 Å². The van der Waals surface area contributed by atoms with Gasteiger partial charge in [-0.2, -0.15) is 0 Å². The van der Waals surface area contributed by atoms with Gasteiger partial charge in [0.25, 0.3) is 0 Å². The molecule has 1 unspecified atom stereocenters. The number of rotatable bonds is 2. The third-order valence-corrected chi connectivity index (χ3v) is 3.61. The van der Waals surface area contributed by atoms with Gasteiger partial charge in [0.15, 0.2) is 0 Å². The van der Waals surface area contributed by atoms with E-state index in [1.807, 2.05) is 4.90 Å². The zero-order valence-corrected chi connectivity index (χ0v) is 11.3. The van der Waals surface area contributed by atoms with Gasteiger partial charge >= 0.3 is 0 Å². The van der Waals surface area contributed by atoms with Crippen molar-refractivity contribution in [2.24, 2.45) is 0 Å². The molecule has 0 fully saturated rings. The Labute approximate surface area is 105 Å². The topological polar surface area (TPSA) is 20.3 Å². The summed E-state index contributed by atoms with van der Waals surface area (Å²) in [6, 6.07) is 6.36. The van der Waals surface area contributed by atoms with Crippen LogP contribution in [0.15, 0.2) is 18.2 Å². The van der Waals surface area contributed by atoms with E-state index in [2.05, 4.69) is 41.1 Å². The number of nitrogens with zero attached hydrogens (tertiary/aromatic N) is 1. The Bertz CT molecular complexity index is 416. The minimum Gasteiger partial charge on any atom is -0.312 e. The van der Waals surface area contributed by atoms with E-state index in [1.54, 1.807) is 6.92 Å². The predicted molar refractivity (Wildman–Crippen MR) is 70.4 cm³/mol. The van der Waals surface area contributed by atoms with Crippen molar-refractivity contribution in [3.63, 3.8) is 0 Å². The summed E-state index contributed by atoms with van der Waals surface area (Å²) < 4.78 is 0. The molecule has 1 aliphatic heterocycles. The molecular formula is C13H16BrNO. The van der Waals surface area contributed by atoms with Crippen molar-refractivity contribution in [2.45, 2.75) is 26.2 Å². The van der Waals surface area contributed by atoms with Crippen molar-refractivity contribution in [2.75, 3.05) is 16.8 Å². The normalized spacial score (nSPS) is 18.7. The fraction of sp³-hybridized carbons (Fsp3) is 0.462. The molecule has 1 atom stereocenters. The highest BCUT2D eigenvalue weighted by atomic mass is 79.9. The van der Waals surface area contributed by atoms with E-state index in [0.29, 0.717) is 5.92 Å². The summed E-state index contributed by atoms with van der Waals surface area (Å²) in [5, 5.41) is 0.983. The van der Waals surface area contributed by atoms with Crippen molar-refractivity contribution >= 4 is 27.5 Å². The van der Waals surface area contributed by atoms with Gasteiger partial charge < -0.3 is 4.90 Å². The lowest BCUT2D eigenvalue weighted by Crippen LogP contribution is -2.27. The molecule has 1 heterocycles. The van der Waals surface area contributed by atoms with Crippen LogP contribution in [0.25, 0.3) is 0 Å². The summed E-state index contributed by atoms with van der Waals surface area (Å²) in [4.78, 5) is 13.4. The summed E-state index contributed by atoms with van der Waals surface area (Å²) in [7, 11) is 0. The van der Waals surface area contributed by atoms with Gasteiger partial charge in [-0.15, -0.1) is 0 Å².